The van der Waals surface area contributed by atoms with E-state index in [1.165, 1.54) is 18.4 Å². The molecule has 1 fully saturated rings. The maximum Gasteiger partial charge on any atom is 0.225 e. The van der Waals surface area contributed by atoms with Crippen molar-refractivity contribution in [3.63, 3.8) is 0 Å². The first-order valence-corrected chi connectivity index (χ1v) is 6.33. The molecular formula is C14H20N2O. The molecule has 1 aromatic rings. The second-order valence-corrected chi connectivity index (χ2v) is 4.81. The molecule has 3 N–H and O–H groups in total. The number of hydrogen-bond acceptors (Lipinski definition) is 2. The van der Waals surface area contributed by atoms with Crippen LogP contribution < -0.4 is 11.1 Å². The fraction of sp³-hybridized carbons (Fsp3) is 0.500. The van der Waals surface area contributed by atoms with Crippen LogP contribution in [-0.4, -0.2) is 11.9 Å². The van der Waals surface area contributed by atoms with Crippen LogP contribution >= 0.6 is 0 Å². The van der Waals surface area contributed by atoms with Crippen molar-refractivity contribution in [3.8, 4) is 0 Å². The Morgan fingerprint density at radius 3 is 2.94 bits per heavy atom. The molecular weight excluding hydrogens is 212 g/mol. The maximum atomic E-state index is 11.8. The van der Waals surface area contributed by atoms with Gasteiger partial charge in [-0.25, -0.2) is 0 Å². The zero-order chi connectivity index (χ0) is 12.3. The molecule has 0 aromatic heterocycles. The number of nitrogens with one attached hydrogen (secondary N) is 1. The Bertz CT molecular complexity index is 399. The van der Waals surface area contributed by atoms with Gasteiger partial charge in [0.15, 0.2) is 0 Å². The molecule has 1 atom stereocenters. The van der Waals surface area contributed by atoms with Gasteiger partial charge in [0.2, 0.25) is 5.91 Å². The average molecular weight is 232 g/mol. The number of hydrogen-bond donors (Lipinski definition) is 2. The third-order valence-corrected chi connectivity index (χ3v) is 3.27. The number of nitrogens with two attached hydrogens (primary N) is 1. The van der Waals surface area contributed by atoms with E-state index in [4.69, 9.17) is 5.73 Å². The lowest BCUT2D eigenvalue weighted by atomic mass is 10.1. The maximum absolute atomic E-state index is 11.8. The SMILES string of the molecule is CCc1cccc(NC(=O)CC(N)C2CC2)c1. The molecule has 0 bridgehead atoms. The van der Waals surface area contributed by atoms with Crippen LogP contribution in [0, 0.1) is 5.92 Å². The van der Waals surface area contributed by atoms with E-state index in [9.17, 15) is 4.79 Å². The summed E-state index contributed by atoms with van der Waals surface area (Å²) in [5, 5.41) is 2.91. The van der Waals surface area contributed by atoms with Crippen molar-refractivity contribution in [1.82, 2.24) is 0 Å². The molecule has 92 valence electrons. The highest BCUT2D eigenvalue weighted by atomic mass is 16.1. The van der Waals surface area contributed by atoms with Gasteiger partial charge in [0, 0.05) is 18.2 Å². The highest BCUT2D eigenvalue weighted by Gasteiger charge is 2.29. The molecule has 0 spiro atoms. The van der Waals surface area contributed by atoms with E-state index in [2.05, 4.69) is 18.3 Å². The Kier molecular flexibility index (Phi) is 3.79. The lowest BCUT2D eigenvalue weighted by Crippen LogP contribution is -2.28. The van der Waals surface area contributed by atoms with Crippen LogP contribution in [0.2, 0.25) is 0 Å². The van der Waals surface area contributed by atoms with Crippen LogP contribution in [0.1, 0.15) is 31.7 Å². The lowest BCUT2D eigenvalue weighted by Gasteiger charge is -2.11. The minimum Gasteiger partial charge on any atom is -0.327 e. The van der Waals surface area contributed by atoms with Crippen molar-refractivity contribution < 1.29 is 4.79 Å². The molecule has 0 heterocycles. The predicted octanol–water partition coefficient (Wildman–Crippen LogP) is 2.31. The normalized spacial score (nSPS) is 16.6. The Balaban J connectivity index is 1.88. The summed E-state index contributed by atoms with van der Waals surface area (Å²) >= 11 is 0. The van der Waals surface area contributed by atoms with Crippen molar-refractivity contribution >= 4 is 11.6 Å². The highest BCUT2D eigenvalue weighted by Crippen LogP contribution is 2.32. The van der Waals surface area contributed by atoms with Crippen LogP contribution in [-0.2, 0) is 11.2 Å². The third kappa shape index (κ3) is 3.56. The molecule has 17 heavy (non-hydrogen) atoms. The molecule has 1 amide bonds. The average Bonchev–Trinajstić information content (AvgIpc) is 3.12. The molecule has 0 saturated heterocycles. The van der Waals surface area contributed by atoms with Gasteiger partial charge >= 0.3 is 0 Å². The van der Waals surface area contributed by atoms with E-state index in [1.807, 2.05) is 18.2 Å². The standard InChI is InChI=1S/C14H20N2O/c1-2-10-4-3-5-12(8-10)16-14(17)9-13(15)11-6-7-11/h3-5,8,11,13H,2,6-7,9,15H2,1H3,(H,16,17). The third-order valence-electron chi connectivity index (χ3n) is 3.27. The number of rotatable bonds is 5. The predicted molar refractivity (Wildman–Crippen MR) is 69.8 cm³/mol. The Morgan fingerprint density at radius 2 is 2.29 bits per heavy atom. The first kappa shape index (κ1) is 12.1. The van der Waals surface area contributed by atoms with Gasteiger partial charge < -0.3 is 11.1 Å². The topological polar surface area (TPSA) is 55.1 Å². The summed E-state index contributed by atoms with van der Waals surface area (Å²) in [4.78, 5) is 11.8. The largest absolute Gasteiger partial charge is 0.327 e. The van der Waals surface area contributed by atoms with Gasteiger partial charge in [-0.2, -0.15) is 0 Å². The van der Waals surface area contributed by atoms with Crippen molar-refractivity contribution in [2.45, 2.75) is 38.6 Å². The number of benzene rings is 1. The molecule has 1 aliphatic carbocycles. The summed E-state index contributed by atoms with van der Waals surface area (Å²) in [5.74, 6) is 0.598. The van der Waals surface area contributed by atoms with Crippen molar-refractivity contribution in [1.29, 1.82) is 0 Å². The van der Waals surface area contributed by atoms with E-state index >= 15 is 0 Å². The van der Waals surface area contributed by atoms with Crippen LogP contribution in [0.4, 0.5) is 5.69 Å². The Hall–Kier alpha value is -1.35. The Morgan fingerprint density at radius 1 is 1.53 bits per heavy atom. The van der Waals surface area contributed by atoms with Gasteiger partial charge in [-0.3, -0.25) is 4.79 Å². The zero-order valence-corrected chi connectivity index (χ0v) is 10.3. The highest BCUT2D eigenvalue weighted by molar-refractivity contribution is 5.91. The van der Waals surface area contributed by atoms with E-state index < -0.39 is 0 Å². The summed E-state index contributed by atoms with van der Waals surface area (Å²) in [6, 6.07) is 7.99. The summed E-state index contributed by atoms with van der Waals surface area (Å²) in [6.45, 7) is 2.10. The van der Waals surface area contributed by atoms with Crippen molar-refractivity contribution in [3.05, 3.63) is 29.8 Å². The van der Waals surface area contributed by atoms with Gasteiger partial charge in [0.1, 0.15) is 0 Å². The van der Waals surface area contributed by atoms with Crippen LogP contribution in [0.3, 0.4) is 0 Å². The molecule has 1 aromatic carbocycles. The monoisotopic (exact) mass is 232 g/mol. The first-order valence-electron chi connectivity index (χ1n) is 6.33. The number of aryl methyl sites for hydroxylation is 1. The lowest BCUT2D eigenvalue weighted by molar-refractivity contribution is -0.116. The fourth-order valence-corrected chi connectivity index (χ4v) is 1.99. The summed E-state index contributed by atoms with van der Waals surface area (Å²) in [5.41, 5.74) is 8.03. The number of carbonyl (C=O) groups excluding carboxylic acids is 1. The van der Waals surface area contributed by atoms with E-state index in [0.717, 1.165) is 12.1 Å². The van der Waals surface area contributed by atoms with Crippen molar-refractivity contribution in [2.75, 3.05) is 5.32 Å². The molecule has 3 heteroatoms. The summed E-state index contributed by atoms with van der Waals surface area (Å²) < 4.78 is 0. The molecule has 1 aliphatic rings. The smallest absolute Gasteiger partial charge is 0.225 e. The number of amides is 1. The Labute approximate surface area is 102 Å². The fourth-order valence-electron chi connectivity index (χ4n) is 1.99. The van der Waals surface area contributed by atoms with Gasteiger partial charge in [-0.1, -0.05) is 19.1 Å². The van der Waals surface area contributed by atoms with E-state index in [0.29, 0.717) is 12.3 Å². The van der Waals surface area contributed by atoms with Gasteiger partial charge in [-0.15, -0.1) is 0 Å². The van der Waals surface area contributed by atoms with Crippen molar-refractivity contribution in [2.24, 2.45) is 11.7 Å². The molecule has 1 saturated carbocycles. The van der Waals surface area contributed by atoms with Gasteiger partial charge in [-0.05, 0) is 42.9 Å². The van der Waals surface area contributed by atoms with E-state index in [1.54, 1.807) is 0 Å². The second-order valence-electron chi connectivity index (χ2n) is 4.81. The van der Waals surface area contributed by atoms with Gasteiger partial charge in [0.05, 0.1) is 0 Å². The quantitative estimate of drug-likeness (QED) is 0.818. The zero-order valence-electron chi connectivity index (χ0n) is 10.3. The summed E-state index contributed by atoms with van der Waals surface area (Å²) in [6.07, 6.45) is 3.77. The van der Waals surface area contributed by atoms with Crippen LogP contribution in [0.15, 0.2) is 24.3 Å². The number of anilines is 1. The second kappa shape index (κ2) is 5.32. The van der Waals surface area contributed by atoms with E-state index in [-0.39, 0.29) is 11.9 Å². The molecule has 2 rings (SSSR count). The molecule has 0 radical (unpaired) electrons. The first-order chi connectivity index (χ1) is 8.19. The summed E-state index contributed by atoms with van der Waals surface area (Å²) in [7, 11) is 0. The minimum atomic E-state index is 0.0256. The molecule has 3 nitrogen and oxygen atoms in total. The number of carbonyl (C=O) groups is 1. The molecule has 1 unspecified atom stereocenters. The minimum absolute atomic E-state index is 0.0256. The van der Waals surface area contributed by atoms with Crippen LogP contribution in [0.5, 0.6) is 0 Å². The van der Waals surface area contributed by atoms with Gasteiger partial charge in [0.25, 0.3) is 0 Å². The van der Waals surface area contributed by atoms with Crippen LogP contribution in [0.25, 0.3) is 0 Å². The molecule has 0 aliphatic heterocycles.